The summed E-state index contributed by atoms with van der Waals surface area (Å²) in [6, 6.07) is 0. The summed E-state index contributed by atoms with van der Waals surface area (Å²) in [7, 11) is 1.76. The highest BCUT2D eigenvalue weighted by molar-refractivity contribution is 5.78. The first-order valence-electron chi connectivity index (χ1n) is 5.89. The minimum absolute atomic E-state index is 0.201. The minimum atomic E-state index is 0.201. The van der Waals surface area contributed by atoms with Crippen LogP contribution in [0.5, 0.6) is 0 Å². The van der Waals surface area contributed by atoms with E-state index in [1.54, 1.807) is 7.11 Å². The van der Waals surface area contributed by atoms with E-state index in [4.69, 9.17) is 4.74 Å². The molecule has 1 unspecified atom stereocenters. The topological polar surface area (TPSA) is 38.3 Å². The van der Waals surface area contributed by atoms with Crippen molar-refractivity contribution in [3.63, 3.8) is 0 Å². The number of ether oxygens (including phenoxy) is 1. The van der Waals surface area contributed by atoms with Crippen LogP contribution in [-0.2, 0) is 9.53 Å². The Balaban J connectivity index is 0.000000262. The van der Waals surface area contributed by atoms with Crippen molar-refractivity contribution in [3.05, 3.63) is 0 Å². The van der Waals surface area contributed by atoms with Gasteiger partial charge in [0.2, 0.25) is 5.91 Å². The second-order valence-corrected chi connectivity index (χ2v) is 4.30. The van der Waals surface area contributed by atoms with E-state index in [0.29, 0.717) is 12.0 Å². The Hall–Kier alpha value is -0.570. The van der Waals surface area contributed by atoms with Crippen LogP contribution in [0.3, 0.4) is 0 Å². The zero-order valence-corrected chi connectivity index (χ0v) is 10.5. The van der Waals surface area contributed by atoms with Crippen LogP contribution in [0.4, 0.5) is 0 Å². The second-order valence-electron chi connectivity index (χ2n) is 4.30. The third-order valence-electron chi connectivity index (χ3n) is 2.55. The van der Waals surface area contributed by atoms with E-state index in [9.17, 15) is 4.79 Å². The average molecular weight is 215 g/mol. The zero-order chi connectivity index (χ0) is 11.7. The molecule has 1 saturated heterocycles. The number of hydrogen-bond donors (Lipinski definition) is 1. The number of hydrogen-bond acceptors (Lipinski definition) is 2. The summed E-state index contributed by atoms with van der Waals surface area (Å²) in [5.74, 6) is 0.764. The average Bonchev–Trinajstić information content (AvgIpc) is 2.59. The second kappa shape index (κ2) is 8.72. The molecule has 1 heterocycles. The van der Waals surface area contributed by atoms with Gasteiger partial charge in [-0.05, 0) is 19.3 Å². The maximum Gasteiger partial charge on any atom is 0.220 e. The lowest BCUT2D eigenvalue weighted by atomic mass is 10.2. The Morgan fingerprint density at radius 2 is 2.27 bits per heavy atom. The van der Waals surface area contributed by atoms with Crippen molar-refractivity contribution >= 4 is 5.91 Å². The number of unbranched alkanes of at least 4 members (excludes halogenated alkanes) is 1. The van der Waals surface area contributed by atoms with Crippen LogP contribution in [0.25, 0.3) is 0 Å². The molecule has 1 aliphatic heterocycles. The van der Waals surface area contributed by atoms with E-state index in [0.717, 1.165) is 13.0 Å². The largest absolute Gasteiger partial charge is 0.382 e. The first-order valence-corrected chi connectivity index (χ1v) is 5.89. The summed E-state index contributed by atoms with van der Waals surface area (Å²) < 4.78 is 5.05. The Kier molecular flexibility index (Phi) is 8.38. The third-order valence-corrected chi connectivity index (χ3v) is 2.55. The normalized spacial score (nSPS) is 21.6. The molecular weight excluding hydrogens is 190 g/mol. The van der Waals surface area contributed by atoms with Crippen LogP contribution in [0.2, 0.25) is 0 Å². The molecule has 1 amide bonds. The fraction of sp³-hybridized carbons (Fsp3) is 0.917. The van der Waals surface area contributed by atoms with Gasteiger partial charge in [0.15, 0.2) is 0 Å². The van der Waals surface area contributed by atoms with Crippen molar-refractivity contribution < 1.29 is 9.53 Å². The van der Waals surface area contributed by atoms with Gasteiger partial charge in [0, 0.05) is 20.1 Å². The number of rotatable bonds is 4. The highest BCUT2D eigenvalue weighted by Crippen LogP contribution is 2.05. The van der Waals surface area contributed by atoms with Gasteiger partial charge in [0.05, 0.1) is 6.10 Å². The molecular formula is C12H25NO2. The van der Waals surface area contributed by atoms with E-state index < -0.39 is 0 Å². The fourth-order valence-corrected chi connectivity index (χ4v) is 1.36. The van der Waals surface area contributed by atoms with Crippen molar-refractivity contribution in [1.29, 1.82) is 0 Å². The highest BCUT2D eigenvalue weighted by atomic mass is 16.5. The highest BCUT2D eigenvalue weighted by Gasteiger charge is 2.15. The summed E-state index contributed by atoms with van der Waals surface area (Å²) in [5.41, 5.74) is 0. The van der Waals surface area contributed by atoms with E-state index in [1.807, 2.05) is 0 Å². The first-order chi connectivity index (χ1) is 7.10. The molecule has 0 bridgehead atoms. The van der Waals surface area contributed by atoms with Crippen LogP contribution in [-0.4, -0.2) is 25.7 Å². The van der Waals surface area contributed by atoms with E-state index in [2.05, 4.69) is 26.1 Å². The predicted molar refractivity (Wildman–Crippen MR) is 62.8 cm³/mol. The zero-order valence-electron chi connectivity index (χ0n) is 10.5. The number of amides is 1. The Labute approximate surface area is 93.6 Å². The fourth-order valence-electron chi connectivity index (χ4n) is 1.36. The molecule has 0 spiro atoms. The van der Waals surface area contributed by atoms with Gasteiger partial charge in [-0.15, -0.1) is 0 Å². The number of nitrogens with one attached hydrogen (secondary N) is 1. The molecule has 1 N–H and O–H groups in total. The standard InChI is InChI=1S/C7H16O.C5H9NO/c1-4-5-6-7(2)8-3;1-4-2-5(7)6-3-4/h7H,4-6H2,1-3H3;4H,2-3H2,1H3,(H,6,7)/t;4-/m.1/s1. The van der Waals surface area contributed by atoms with Gasteiger partial charge >= 0.3 is 0 Å². The van der Waals surface area contributed by atoms with Crippen LogP contribution in [0, 0.1) is 5.92 Å². The van der Waals surface area contributed by atoms with Crippen LogP contribution >= 0.6 is 0 Å². The molecule has 0 aromatic heterocycles. The maximum atomic E-state index is 10.3. The van der Waals surface area contributed by atoms with Crippen molar-refractivity contribution in [1.82, 2.24) is 5.32 Å². The van der Waals surface area contributed by atoms with Gasteiger partial charge in [0.25, 0.3) is 0 Å². The Bertz CT molecular complexity index is 171. The lowest BCUT2D eigenvalue weighted by Crippen LogP contribution is -2.13. The van der Waals surface area contributed by atoms with E-state index >= 15 is 0 Å². The van der Waals surface area contributed by atoms with E-state index in [-0.39, 0.29) is 5.91 Å². The van der Waals surface area contributed by atoms with Crippen LogP contribution in [0.15, 0.2) is 0 Å². The van der Waals surface area contributed by atoms with Crippen molar-refractivity contribution in [3.8, 4) is 0 Å². The van der Waals surface area contributed by atoms with Gasteiger partial charge in [-0.25, -0.2) is 0 Å². The number of carbonyl (C=O) groups is 1. The summed E-state index contributed by atoms with van der Waals surface area (Å²) in [6.45, 7) is 7.24. The molecule has 0 aromatic carbocycles. The lowest BCUT2D eigenvalue weighted by molar-refractivity contribution is -0.119. The van der Waals surface area contributed by atoms with Gasteiger partial charge in [-0.1, -0.05) is 26.7 Å². The maximum absolute atomic E-state index is 10.3. The molecule has 0 radical (unpaired) electrons. The molecule has 2 atom stereocenters. The summed E-state index contributed by atoms with van der Waals surface area (Å²) >= 11 is 0. The van der Waals surface area contributed by atoms with E-state index in [1.165, 1.54) is 19.3 Å². The minimum Gasteiger partial charge on any atom is -0.382 e. The van der Waals surface area contributed by atoms with Gasteiger partial charge in [-0.2, -0.15) is 0 Å². The Morgan fingerprint density at radius 1 is 1.60 bits per heavy atom. The van der Waals surface area contributed by atoms with Crippen molar-refractivity contribution in [2.75, 3.05) is 13.7 Å². The molecule has 3 heteroatoms. The molecule has 15 heavy (non-hydrogen) atoms. The quantitative estimate of drug-likeness (QED) is 0.781. The first kappa shape index (κ1) is 14.4. The molecule has 3 nitrogen and oxygen atoms in total. The number of carbonyl (C=O) groups excluding carboxylic acids is 1. The van der Waals surface area contributed by atoms with Crippen LogP contribution < -0.4 is 5.32 Å². The summed E-state index contributed by atoms with van der Waals surface area (Å²) in [4.78, 5) is 10.3. The Morgan fingerprint density at radius 3 is 2.53 bits per heavy atom. The monoisotopic (exact) mass is 215 g/mol. The van der Waals surface area contributed by atoms with Gasteiger partial charge in [-0.3, -0.25) is 4.79 Å². The summed E-state index contributed by atoms with van der Waals surface area (Å²) in [5, 5.41) is 2.73. The molecule has 90 valence electrons. The lowest BCUT2D eigenvalue weighted by Gasteiger charge is -2.06. The molecule has 1 aliphatic rings. The smallest absolute Gasteiger partial charge is 0.220 e. The molecule has 0 saturated carbocycles. The third kappa shape index (κ3) is 8.43. The van der Waals surface area contributed by atoms with Gasteiger partial charge in [0.1, 0.15) is 0 Å². The molecule has 1 rings (SSSR count). The van der Waals surface area contributed by atoms with Gasteiger partial charge < -0.3 is 10.1 Å². The molecule has 1 fully saturated rings. The molecule has 0 aliphatic carbocycles. The van der Waals surface area contributed by atoms with Crippen molar-refractivity contribution in [2.24, 2.45) is 5.92 Å². The van der Waals surface area contributed by atoms with Crippen molar-refractivity contribution in [2.45, 2.75) is 52.6 Å². The number of methoxy groups -OCH3 is 1. The molecule has 0 aromatic rings. The summed E-state index contributed by atoms with van der Waals surface area (Å²) in [6.07, 6.45) is 4.94. The van der Waals surface area contributed by atoms with Crippen LogP contribution in [0.1, 0.15) is 46.5 Å². The predicted octanol–water partition coefficient (Wildman–Crippen LogP) is 2.35. The SMILES string of the molecule is CCCCC(C)OC.C[C@H]1CNC(=O)C1.